The van der Waals surface area contributed by atoms with E-state index < -0.39 is 9.84 Å². The van der Waals surface area contributed by atoms with Crippen LogP contribution in [0.2, 0.25) is 0 Å². The lowest BCUT2D eigenvalue weighted by Crippen LogP contribution is -2.30. The zero-order valence-electron chi connectivity index (χ0n) is 12.0. The van der Waals surface area contributed by atoms with E-state index in [9.17, 15) is 13.2 Å². The second kappa shape index (κ2) is 7.89. The van der Waals surface area contributed by atoms with E-state index in [0.717, 1.165) is 12.1 Å². The standard InChI is InChI=1S/C14H22N2O3S/c1-3-9-15-14(17)11-16-12-5-7-13(8-6-12)20(18,19)10-4-2/h5-8,16H,3-4,9-11H2,1-2H3,(H,15,17). The van der Waals surface area contributed by atoms with Crippen LogP contribution in [0.5, 0.6) is 0 Å². The highest BCUT2D eigenvalue weighted by Crippen LogP contribution is 2.15. The number of carbonyl (C=O) groups is 1. The van der Waals surface area contributed by atoms with Gasteiger partial charge in [-0.25, -0.2) is 8.42 Å². The summed E-state index contributed by atoms with van der Waals surface area (Å²) in [5.74, 6) is 0.0775. The lowest BCUT2D eigenvalue weighted by Gasteiger charge is -2.08. The van der Waals surface area contributed by atoms with E-state index in [-0.39, 0.29) is 18.2 Å². The van der Waals surface area contributed by atoms with Gasteiger partial charge in [0, 0.05) is 12.2 Å². The summed E-state index contributed by atoms with van der Waals surface area (Å²) in [5.41, 5.74) is 0.729. The van der Waals surface area contributed by atoms with Gasteiger partial charge in [-0.15, -0.1) is 0 Å². The first kappa shape index (κ1) is 16.5. The molecule has 0 saturated heterocycles. The fraction of sp³-hybridized carbons (Fsp3) is 0.500. The number of hydrogen-bond donors (Lipinski definition) is 2. The first-order valence-corrected chi connectivity index (χ1v) is 8.48. The van der Waals surface area contributed by atoms with Gasteiger partial charge < -0.3 is 10.6 Å². The molecule has 0 atom stereocenters. The van der Waals surface area contributed by atoms with Crippen LogP contribution in [0.1, 0.15) is 26.7 Å². The van der Waals surface area contributed by atoms with Crippen molar-refractivity contribution in [1.29, 1.82) is 0 Å². The normalized spacial score (nSPS) is 11.1. The summed E-state index contributed by atoms with van der Waals surface area (Å²) in [6.45, 7) is 4.67. The fourth-order valence-corrected chi connectivity index (χ4v) is 3.00. The number of amides is 1. The molecule has 0 aliphatic heterocycles. The van der Waals surface area contributed by atoms with E-state index in [4.69, 9.17) is 0 Å². The first-order chi connectivity index (χ1) is 9.49. The summed E-state index contributed by atoms with van der Waals surface area (Å²) in [4.78, 5) is 11.7. The Kier molecular flexibility index (Phi) is 6.51. The molecule has 1 aromatic rings. The minimum atomic E-state index is -3.18. The molecule has 0 heterocycles. The van der Waals surface area contributed by atoms with Gasteiger partial charge in [0.05, 0.1) is 17.2 Å². The molecule has 0 spiro atoms. The summed E-state index contributed by atoms with van der Waals surface area (Å²) >= 11 is 0. The van der Waals surface area contributed by atoms with Crippen LogP contribution in [0, 0.1) is 0 Å². The Hall–Kier alpha value is -1.56. The minimum absolute atomic E-state index is 0.0745. The average molecular weight is 298 g/mol. The van der Waals surface area contributed by atoms with Crippen molar-refractivity contribution in [3.63, 3.8) is 0 Å². The predicted octanol–water partition coefficient (Wildman–Crippen LogP) is 1.81. The SMILES string of the molecule is CCCNC(=O)CNc1ccc(S(=O)(=O)CCC)cc1. The Labute approximate surface area is 120 Å². The molecule has 6 heteroatoms. The Balaban J connectivity index is 2.57. The van der Waals surface area contributed by atoms with E-state index in [2.05, 4.69) is 10.6 Å². The van der Waals surface area contributed by atoms with E-state index in [0.29, 0.717) is 17.9 Å². The van der Waals surface area contributed by atoms with Gasteiger partial charge in [0.15, 0.2) is 9.84 Å². The molecule has 1 aromatic carbocycles. The molecule has 0 aliphatic carbocycles. The van der Waals surface area contributed by atoms with Crippen LogP contribution in [-0.4, -0.2) is 33.2 Å². The van der Waals surface area contributed by atoms with Gasteiger partial charge in [-0.3, -0.25) is 4.79 Å². The molecule has 20 heavy (non-hydrogen) atoms. The third kappa shape index (κ3) is 5.21. The van der Waals surface area contributed by atoms with E-state index >= 15 is 0 Å². The molecule has 2 N–H and O–H groups in total. The van der Waals surface area contributed by atoms with Gasteiger partial charge >= 0.3 is 0 Å². The van der Waals surface area contributed by atoms with Crippen molar-refractivity contribution in [2.75, 3.05) is 24.2 Å². The van der Waals surface area contributed by atoms with Crippen LogP contribution in [0.15, 0.2) is 29.2 Å². The smallest absolute Gasteiger partial charge is 0.239 e. The van der Waals surface area contributed by atoms with Crippen LogP contribution in [0.25, 0.3) is 0 Å². The summed E-state index contributed by atoms with van der Waals surface area (Å²) in [6, 6.07) is 6.49. The molecule has 112 valence electrons. The molecule has 1 rings (SSSR count). The number of sulfone groups is 1. The summed E-state index contributed by atoms with van der Waals surface area (Å²) in [5, 5.41) is 5.71. The van der Waals surface area contributed by atoms with Gasteiger partial charge in [-0.05, 0) is 37.1 Å². The van der Waals surface area contributed by atoms with Crippen molar-refractivity contribution < 1.29 is 13.2 Å². The van der Waals surface area contributed by atoms with Crippen LogP contribution in [0.4, 0.5) is 5.69 Å². The third-order valence-corrected chi connectivity index (χ3v) is 4.65. The number of rotatable bonds is 8. The zero-order valence-corrected chi connectivity index (χ0v) is 12.8. The van der Waals surface area contributed by atoms with Crippen molar-refractivity contribution in [3.05, 3.63) is 24.3 Å². The molecular formula is C14H22N2O3S. The monoisotopic (exact) mass is 298 g/mol. The van der Waals surface area contributed by atoms with Gasteiger partial charge in [0.2, 0.25) is 5.91 Å². The number of benzene rings is 1. The molecule has 0 radical (unpaired) electrons. The Morgan fingerprint density at radius 2 is 1.75 bits per heavy atom. The molecule has 0 aromatic heterocycles. The fourth-order valence-electron chi connectivity index (χ4n) is 1.68. The molecule has 0 aliphatic rings. The number of carbonyl (C=O) groups excluding carboxylic acids is 1. The second-order valence-corrected chi connectivity index (χ2v) is 6.66. The first-order valence-electron chi connectivity index (χ1n) is 6.83. The van der Waals surface area contributed by atoms with Crippen molar-refractivity contribution in [3.8, 4) is 0 Å². The molecule has 5 nitrogen and oxygen atoms in total. The topological polar surface area (TPSA) is 75.3 Å². The maximum Gasteiger partial charge on any atom is 0.239 e. The highest BCUT2D eigenvalue weighted by Gasteiger charge is 2.12. The van der Waals surface area contributed by atoms with Gasteiger partial charge in [-0.1, -0.05) is 13.8 Å². The van der Waals surface area contributed by atoms with E-state index in [1.54, 1.807) is 24.3 Å². The molecule has 0 saturated carbocycles. The Bertz CT molecular complexity index is 524. The number of hydrogen-bond acceptors (Lipinski definition) is 4. The number of anilines is 1. The zero-order chi connectivity index (χ0) is 15.0. The average Bonchev–Trinajstić information content (AvgIpc) is 2.43. The van der Waals surface area contributed by atoms with Crippen LogP contribution in [0.3, 0.4) is 0 Å². The van der Waals surface area contributed by atoms with Crippen LogP contribution >= 0.6 is 0 Å². The van der Waals surface area contributed by atoms with Gasteiger partial charge in [0.1, 0.15) is 0 Å². The van der Waals surface area contributed by atoms with Crippen molar-refractivity contribution >= 4 is 21.4 Å². The van der Waals surface area contributed by atoms with Gasteiger partial charge in [0.25, 0.3) is 0 Å². The van der Waals surface area contributed by atoms with Crippen molar-refractivity contribution in [1.82, 2.24) is 5.32 Å². The molecular weight excluding hydrogens is 276 g/mol. The van der Waals surface area contributed by atoms with Gasteiger partial charge in [-0.2, -0.15) is 0 Å². The van der Waals surface area contributed by atoms with Crippen LogP contribution in [-0.2, 0) is 14.6 Å². The predicted molar refractivity (Wildman–Crippen MR) is 80.6 cm³/mol. The highest BCUT2D eigenvalue weighted by molar-refractivity contribution is 7.91. The summed E-state index contributed by atoms with van der Waals surface area (Å²) < 4.78 is 23.7. The Morgan fingerprint density at radius 3 is 2.30 bits per heavy atom. The third-order valence-electron chi connectivity index (χ3n) is 2.71. The maximum absolute atomic E-state index is 11.8. The van der Waals surface area contributed by atoms with E-state index in [1.807, 2.05) is 13.8 Å². The van der Waals surface area contributed by atoms with Crippen LogP contribution < -0.4 is 10.6 Å². The van der Waals surface area contributed by atoms with Crippen molar-refractivity contribution in [2.24, 2.45) is 0 Å². The lowest BCUT2D eigenvalue weighted by molar-refractivity contribution is -0.119. The quantitative estimate of drug-likeness (QED) is 0.767. The van der Waals surface area contributed by atoms with Crippen molar-refractivity contribution in [2.45, 2.75) is 31.6 Å². The molecule has 1 amide bonds. The summed E-state index contributed by atoms with van der Waals surface area (Å²) in [7, 11) is -3.18. The van der Waals surface area contributed by atoms with E-state index in [1.165, 1.54) is 0 Å². The summed E-state index contributed by atoms with van der Waals surface area (Å²) in [6.07, 6.45) is 1.50. The highest BCUT2D eigenvalue weighted by atomic mass is 32.2. The maximum atomic E-state index is 11.8. The number of nitrogens with one attached hydrogen (secondary N) is 2. The molecule has 0 bridgehead atoms. The molecule has 0 fully saturated rings. The Morgan fingerprint density at radius 1 is 1.10 bits per heavy atom. The molecule has 0 unspecified atom stereocenters. The minimum Gasteiger partial charge on any atom is -0.376 e. The largest absolute Gasteiger partial charge is 0.376 e. The second-order valence-electron chi connectivity index (χ2n) is 4.55. The lowest BCUT2D eigenvalue weighted by atomic mass is 10.3.